The topological polar surface area (TPSA) is 67.8 Å². The van der Waals surface area contributed by atoms with E-state index in [-0.39, 0.29) is 5.78 Å². The smallest absolute Gasteiger partial charge is 0.212 e. The molecule has 0 radical (unpaired) electrons. The molecule has 2 N–H and O–H groups in total. The lowest BCUT2D eigenvalue weighted by Crippen LogP contribution is -2.35. The van der Waals surface area contributed by atoms with Crippen LogP contribution in [0.4, 0.5) is 0 Å². The molecule has 4 heteroatoms. The van der Waals surface area contributed by atoms with Gasteiger partial charge in [0, 0.05) is 25.3 Å². The number of nitrogens with zero attached hydrogens (tertiary/aromatic N) is 2. The van der Waals surface area contributed by atoms with Crippen molar-refractivity contribution in [1.82, 2.24) is 0 Å². The van der Waals surface area contributed by atoms with Crippen LogP contribution in [0.5, 0.6) is 0 Å². The Hall–Kier alpha value is -1.81. The summed E-state index contributed by atoms with van der Waals surface area (Å²) < 4.78 is 0. The van der Waals surface area contributed by atoms with Crippen molar-refractivity contribution >= 4 is 18.2 Å². The van der Waals surface area contributed by atoms with Crippen molar-refractivity contribution in [2.45, 2.75) is 37.8 Å². The Morgan fingerprint density at radius 3 is 2.40 bits per heavy atom. The summed E-state index contributed by atoms with van der Waals surface area (Å²) >= 11 is 0. The first kappa shape index (κ1) is 14.6. The molecule has 106 valence electrons. The first-order valence-electron chi connectivity index (χ1n) is 7.13. The van der Waals surface area contributed by atoms with Crippen LogP contribution in [0.2, 0.25) is 0 Å². The number of carbonyl (C=O) groups excluding carboxylic acids is 1. The number of carbonyl (C=O) groups is 1. The van der Waals surface area contributed by atoms with Gasteiger partial charge in [0.25, 0.3) is 0 Å². The Labute approximate surface area is 119 Å². The lowest BCUT2D eigenvalue weighted by Gasteiger charge is -2.21. The molecule has 0 fully saturated rings. The summed E-state index contributed by atoms with van der Waals surface area (Å²) in [6, 6.07) is 9.92. The van der Waals surface area contributed by atoms with E-state index in [1.165, 1.54) is 0 Å². The maximum absolute atomic E-state index is 12.5. The van der Waals surface area contributed by atoms with E-state index in [2.05, 4.69) is 9.98 Å². The van der Waals surface area contributed by atoms with Crippen molar-refractivity contribution in [1.29, 1.82) is 0 Å². The molecular formula is C16H21N3O. The highest BCUT2D eigenvalue weighted by atomic mass is 16.1. The second kappa shape index (κ2) is 7.10. The average Bonchev–Trinajstić information content (AvgIpc) is 2.94. The van der Waals surface area contributed by atoms with Crippen molar-refractivity contribution in [2.75, 3.05) is 6.54 Å². The van der Waals surface area contributed by atoms with Gasteiger partial charge in [-0.15, -0.1) is 0 Å². The zero-order chi connectivity index (χ0) is 14.3. The number of ketones is 1. The third kappa shape index (κ3) is 3.61. The van der Waals surface area contributed by atoms with Gasteiger partial charge in [0.1, 0.15) is 0 Å². The summed E-state index contributed by atoms with van der Waals surface area (Å²) in [6.07, 6.45) is 7.11. The fourth-order valence-corrected chi connectivity index (χ4v) is 2.37. The van der Waals surface area contributed by atoms with Gasteiger partial charge in [-0.2, -0.15) is 0 Å². The number of unbranched alkanes of at least 4 members (excludes halogenated alkanes) is 2. The van der Waals surface area contributed by atoms with E-state index in [9.17, 15) is 4.79 Å². The van der Waals surface area contributed by atoms with Gasteiger partial charge in [0.2, 0.25) is 5.66 Å². The number of nitrogens with two attached hydrogens (primary N) is 1. The number of Topliss-reactive ketones (excluding diaryl/α,β-unsaturated/α-hetero) is 1. The lowest BCUT2D eigenvalue weighted by atomic mass is 9.93. The molecule has 1 aromatic carbocycles. The van der Waals surface area contributed by atoms with Gasteiger partial charge >= 0.3 is 0 Å². The van der Waals surface area contributed by atoms with Crippen LogP contribution >= 0.6 is 0 Å². The van der Waals surface area contributed by atoms with E-state index in [4.69, 9.17) is 5.73 Å². The molecule has 1 heterocycles. The Morgan fingerprint density at radius 2 is 1.75 bits per heavy atom. The van der Waals surface area contributed by atoms with E-state index in [0.29, 0.717) is 19.4 Å². The summed E-state index contributed by atoms with van der Waals surface area (Å²) in [4.78, 5) is 21.2. The molecule has 1 aromatic rings. The Kier molecular flexibility index (Phi) is 5.18. The predicted molar refractivity (Wildman–Crippen MR) is 82.4 cm³/mol. The van der Waals surface area contributed by atoms with Gasteiger partial charge in [-0.1, -0.05) is 36.8 Å². The fraction of sp³-hybridized carbons (Fsp3) is 0.438. The fourth-order valence-electron chi connectivity index (χ4n) is 2.37. The average molecular weight is 271 g/mol. The molecule has 0 amide bonds. The molecule has 4 nitrogen and oxygen atoms in total. The summed E-state index contributed by atoms with van der Waals surface area (Å²) in [6.45, 7) is 0.680. The maximum Gasteiger partial charge on any atom is 0.212 e. The highest BCUT2D eigenvalue weighted by molar-refractivity contribution is 6.19. The van der Waals surface area contributed by atoms with Gasteiger partial charge in [-0.25, -0.2) is 0 Å². The van der Waals surface area contributed by atoms with E-state index in [0.717, 1.165) is 24.8 Å². The Bertz CT molecular complexity index is 482. The van der Waals surface area contributed by atoms with Crippen LogP contribution in [0, 0.1) is 0 Å². The molecule has 0 saturated heterocycles. The minimum atomic E-state index is -0.927. The molecule has 0 unspecified atom stereocenters. The Morgan fingerprint density at radius 1 is 1.05 bits per heavy atom. The van der Waals surface area contributed by atoms with Crippen LogP contribution in [-0.2, 0) is 11.2 Å². The number of hydrogen-bond donors (Lipinski definition) is 1. The highest BCUT2D eigenvalue weighted by Crippen LogP contribution is 2.25. The number of rotatable bonds is 8. The molecule has 0 atom stereocenters. The second-order valence-corrected chi connectivity index (χ2v) is 5.06. The van der Waals surface area contributed by atoms with Crippen LogP contribution in [-0.4, -0.2) is 30.4 Å². The summed E-state index contributed by atoms with van der Waals surface area (Å²) in [7, 11) is 0. The Balaban J connectivity index is 2.01. The first-order chi connectivity index (χ1) is 9.77. The summed E-state index contributed by atoms with van der Waals surface area (Å²) in [5.74, 6) is 0.100. The van der Waals surface area contributed by atoms with Crippen molar-refractivity contribution < 1.29 is 4.79 Å². The monoisotopic (exact) mass is 271 g/mol. The maximum atomic E-state index is 12.5. The van der Waals surface area contributed by atoms with Crippen molar-refractivity contribution in [3.8, 4) is 0 Å². The van der Waals surface area contributed by atoms with Gasteiger partial charge in [-0.05, 0) is 24.9 Å². The molecule has 2 rings (SSSR count). The molecule has 0 saturated carbocycles. The SMILES string of the molecule is NCCCCCC(=O)C1(Cc2ccccc2)N=CC=N1. The minimum Gasteiger partial charge on any atom is -0.330 e. The third-order valence-electron chi connectivity index (χ3n) is 3.49. The van der Waals surface area contributed by atoms with Crippen LogP contribution in [0.25, 0.3) is 0 Å². The number of aliphatic imine (C=N–C) groups is 2. The molecule has 1 aliphatic heterocycles. The normalized spacial score (nSPS) is 15.7. The summed E-state index contributed by atoms with van der Waals surface area (Å²) in [5.41, 5.74) is 5.62. The largest absolute Gasteiger partial charge is 0.330 e. The third-order valence-corrected chi connectivity index (χ3v) is 3.49. The molecular weight excluding hydrogens is 250 g/mol. The van der Waals surface area contributed by atoms with Gasteiger partial charge < -0.3 is 5.73 Å². The lowest BCUT2D eigenvalue weighted by molar-refractivity contribution is -0.123. The van der Waals surface area contributed by atoms with Crippen LogP contribution in [0.3, 0.4) is 0 Å². The minimum absolute atomic E-state index is 0.100. The van der Waals surface area contributed by atoms with Gasteiger partial charge in [-0.3, -0.25) is 14.8 Å². The van der Waals surface area contributed by atoms with E-state index < -0.39 is 5.66 Å². The van der Waals surface area contributed by atoms with Gasteiger partial charge in [0.05, 0.1) is 0 Å². The summed E-state index contributed by atoms with van der Waals surface area (Å²) in [5, 5.41) is 0. The number of hydrogen-bond acceptors (Lipinski definition) is 4. The first-order valence-corrected chi connectivity index (χ1v) is 7.13. The molecule has 0 aliphatic carbocycles. The van der Waals surface area contributed by atoms with E-state index >= 15 is 0 Å². The quantitative estimate of drug-likeness (QED) is 0.736. The van der Waals surface area contributed by atoms with E-state index in [1.807, 2.05) is 30.3 Å². The molecule has 20 heavy (non-hydrogen) atoms. The van der Waals surface area contributed by atoms with Crippen molar-refractivity contribution in [3.63, 3.8) is 0 Å². The zero-order valence-corrected chi connectivity index (χ0v) is 11.7. The standard InChI is InChI=1S/C16H21N3O/c17-10-6-2-5-9-15(20)16(18-11-12-19-16)13-14-7-3-1-4-8-14/h1,3-4,7-8,11-12H,2,5-6,9-10,13,17H2. The van der Waals surface area contributed by atoms with Crippen LogP contribution in [0.15, 0.2) is 40.3 Å². The number of benzene rings is 1. The van der Waals surface area contributed by atoms with Crippen LogP contribution in [0.1, 0.15) is 31.2 Å². The van der Waals surface area contributed by atoms with Crippen LogP contribution < -0.4 is 5.73 Å². The van der Waals surface area contributed by atoms with Crippen molar-refractivity contribution in [2.24, 2.45) is 15.7 Å². The molecule has 0 bridgehead atoms. The second-order valence-electron chi connectivity index (χ2n) is 5.06. The highest BCUT2D eigenvalue weighted by Gasteiger charge is 2.37. The zero-order valence-electron chi connectivity index (χ0n) is 11.7. The van der Waals surface area contributed by atoms with E-state index in [1.54, 1.807) is 12.4 Å². The van der Waals surface area contributed by atoms with Gasteiger partial charge in [0.15, 0.2) is 5.78 Å². The molecule has 1 aliphatic rings. The molecule has 0 spiro atoms. The van der Waals surface area contributed by atoms with Crippen molar-refractivity contribution in [3.05, 3.63) is 35.9 Å². The predicted octanol–water partition coefficient (Wildman–Crippen LogP) is 2.17. The molecule has 0 aromatic heterocycles.